The highest BCUT2D eigenvalue weighted by Crippen LogP contribution is 2.27. The third-order valence-electron chi connectivity index (χ3n) is 6.08. The van der Waals surface area contributed by atoms with E-state index in [4.69, 9.17) is 4.74 Å². The molecule has 0 fully saturated rings. The molecule has 2 aromatic rings. The maximum absolute atomic E-state index is 14.1. The van der Waals surface area contributed by atoms with Crippen molar-refractivity contribution in [3.8, 4) is 0 Å². The maximum atomic E-state index is 14.1. The average Bonchev–Trinajstić information content (AvgIpc) is 2.81. The zero-order valence-electron chi connectivity index (χ0n) is 23.1. The summed E-state index contributed by atoms with van der Waals surface area (Å²) in [5.74, 6) is -0.938. The minimum Gasteiger partial charge on any atom is -0.444 e. The molecule has 0 bridgehead atoms. The molecule has 0 heterocycles. The number of rotatable bonds is 10. The second kappa shape index (κ2) is 13.1. The molecule has 0 aliphatic rings. The lowest BCUT2D eigenvalue weighted by atomic mass is 9.95. The average molecular weight is 508 g/mol. The molecule has 7 nitrogen and oxygen atoms in total. The number of hydrogen-bond donors (Lipinski definition) is 2. The normalized spacial score (nSPS) is 13.6. The van der Waals surface area contributed by atoms with E-state index in [1.807, 2.05) is 76.2 Å². The third kappa shape index (κ3) is 8.48. The molecule has 0 aliphatic carbocycles. The Labute approximate surface area is 221 Å². The summed E-state index contributed by atoms with van der Waals surface area (Å²) in [6.07, 6.45) is 1.54. The summed E-state index contributed by atoms with van der Waals surface area (Å²) in [6, 6.07) is 13.2. The van der Waals surface area contributed by atoms with Crippen molar-refractivity contribution in [2.75, 3.05) is 11.9 Å². The predicted octanol–water partition coefficient (Wildman–Crippen LogP) is 5.94. The number of benzene rings is 2. The van der Waals surface area contributed by atoms with Gasteiger partial charge >= 0.3 is 6.09 Å². The van der Waals surface area contributed by atoms with Crippen LogP contribution in [-0.2, 0) is 14.3 Å². The Morgan fingerprint density at radius 3 is 2.32 bits per heavy atom. The van der Waals surface area contributed by atoms with Gasteiger partial charge in [-0.15, -0.1) is 6.58 Å². The molecule has 200 valence electrons. The molecule has 0 aliphatic heterocycles. The molecule has 3 unspecified atom stereocenters. The Morgan fingerprint density at radius 1 is 1.08 bits per heavy atom. The largest absolute Gasteiger partial charge is 0.444 e. The second-order valence-corrected chi connectivity index (χ2v) is 10.4. The molecular formula is C30H41N3O4. The summed E-state index contributed by atoms with van der Waals surface area (Å²) in [5, 5.41) is 5.76. The van der Waals surface area contributed by atoms with Gasteiger partial charge in [0.2, 0.25) is 5.91 Å². The molecule has 0 radical (unpaired) electrons. The van der Waals surface area contributed by atoms with E-state index >= 15 is 0 Å². The van der Waals surface area contributed by atoms with Crippen LogP contribution < -0.4 is 10.6 Å². The van der Waals surface area contributed by atoms with Crippen LogP contribution in [0, 0.1) is 19.8 Å². The summed E-state index contributed by atoms with van der Waals surface area (Å²) >= 11 is 0. The van der Waals surface area contributed by atoms with Gasteiger partial charge in [-0.25, -0.2) is 4.79 Å². The number of nitrogens with zero attached hydrogens (tertiary/aromatic N) is 1. The molecule has 7 heteroatoms. The van der Waals surface area contributed by atoms with Crippen LogP contribution in [0.25, 0.3) is 0 Å². The Morgan fingerprint density at radius 2 is 1.76 bits per heavy atom. The fourth-order valence-corrected chi connectivity index (χ4v) is 3.99. The Balaban J connectivity index is 2.53. The summed E-state index contributed by atoms with van der Waals surface area (Å²) in [5.41, 5.74) is 2.49. The number of alkyl carbamates (subject to hydrolysis) is 1. The van der Waals surface area contributed by atoms with Crippen LogP contribution in [0.1, 0.15) is 63.8 Å². The number of hydrogen-bond acceptors (Lipinski definition) is 4. The van der Waals surface area contributed by atoms with Crippen LogP contribution in [0.5, 0.6) is 0 Å². The lowest BCUT2D eigenvalue weighted by Crippen LogP contribution is -2.54. The first-order valence-electron chi connectivity index (χ1n) is 12.7. The lowest BCUT2D eigenvalue weighted by molar-refractivity contribution is -0.141. The van der Waals surface area contributed by atoms with Crippen molar-refractivity contribution < 1.29 is 19.1 Å². The quantitative estimate of drug-likeness (QED) is 0.390. The number of aryl methyl sites for hydroxylation is 2. The van der Waals surface area contributed by atoms with Crippen LogP contribution in [0.4, 0.5) is 10.5 Å². The van der Waals surface area contributed by atoms with Crippen molar-refractivity contribution in [2.24, 2.45) is 5.92 Å². The molecule has 2 aromatic carbocycles. The van der Waals surface area contributed by atoms with Crippen LogP contribution >= 0.6 is 0 Å². The molecule has 2 rings (SSSR count). The first kappa shape index (κ1) is 29.6. The fraction of sp³-hybridized carbons (Fsp3) is 0.433. The number of ether oxygens (including phenoxy) is 1. The van der Waals surface area contributed by atoms with E-state index in [9.17, 15) is 14.4 Å². The maximum Gasteiger partial charge on any atom is 0.408 e. The van der Waals surface area contributed by atoms with Crippen LogP contribution in [0.3, 0.4) is 0 Å². The minimum atomic E-state index is -0.947. The summed E-state index contributed by atoms with van der Waals surface area (Å²) < 4.78 is 5.43. The number of carbonyl (C=O) groups is 3. The minimum absolute atomic E-state index is 0.113. The third-order valence-corrected chi connectivity index (χ3v) is 6.08. The molecule has 3 amide bonds. The van der Waals surface area contributed by atoms with E-state index in [2.05, 4.69) is 17.2 Å². The van der Waals surface area contributed by atoms with Gasteiger partial charge in [-0.2, -0.15) is 0 Å². The van der Waals surface area contributed by atoms with Gasteiger partial charge in [0.1, 0.15) is 17.7 Å². The molecule has 0 saturated heterocycles. The molecule has 0 aromatic heterocycles. The smallest absolute Gasteiger partial charge is 0.408 e. The van der Waals surface area contributed by atoms with Gasteiger partial charge in [0.15, 0.2) is 0 Å². The van der Waals surface area contributed by atoms with Gasteiger partial charge in [-0.3, -0.25) is 9.59 Å². The Kier molecular flexibility index (Phi) is 10.5. The number of carbonyl (C=O) groups excluding carboxylic acids is 3. The molecule has 3 atom stereocenters. The van der Waals surface area contributed by atoms with E-state index in [1.54, 1.807) is 26.8 Å². The van der Waals surface area contributed by atoms with E-state index in [1.165, 1.54) is 4.90 Å². The molecule has 2 N–H and O–H groups in total. The van der Waals surface area contributed by atoms with Crippen molar-refractivity contribution >= 4 is 23.6 Å². The summed E-state index contributed by atoms with van der Waals surface area (Å²) in [4.78, 5) is 42.0. The standard InChI is InChI=1S/C30H41N3O4/c1-9-18-33(28(35)25(21(4)10-2)32-29(36)37-30(6,7)8)26(23-16-13-14-20(3)19-23)27(34)31-24-17-12-11-15-22(24)5/h9,11-17,19,21,25-26H,1,10,18H2,2-8H3,(H,31,34)(H,32,36). The van der Waals surface area contributed by atoms with Gasteiger partial charge in [0.05, 0.1) is 0 Å². The topological polar surface area (TPSA) is 87.7 Å². The predicted molar refractivity (Wildman–Crippen MR) is 148 cm³/mol. The van der Waals surface area contributed by atoms with Crippen LogP contribution in [0.2, 0.25) is 0 Å². The molecule has 0 spiro atoms. The SMILES string of the molecule is C=CCN(C(=O)C(NC(=O)OC(C)(C)C)C(C)CC)C(C(=O)Nc1ccccc1C)c1cccc(C)c1. The fourth-order valence-electron chi connectivity index (χ4n) is 3.99. The Hall–Kier alpha value is -3.61. The number of para-hydroxylation sites is 1. The molecule has 0 saturated carbocycles. The number of nitrogens with one attached hydrogen (secondary N) is 2. The van der Waals surface area contributed by atoms with Gasteiger partial charge in [0, 0.05) is 12.2 Å². The summed E-state index contributed by atoms with van der Waals surface area (Å²) in [7, 11) is 0. The van der Waals surface area contributed by atoms with Gasteiger partial charge in [-0.1, -0.05) is 74.4 Å². The van der Waals surface area contributed by atoms with Crippen LogP contribution in [0.15, 0.2) is 61.2 Å². The van der Waals surface area contributed by atoms with Gasteiger partial charge < -0.3 is 20.3 Å². The van der Waals surface area contributed by atoms with Gasteiger partial charge in [0.25, 0.3) is 5.91 Å². The first-order valence-corrected chi connectivity index (χ1v) is 12.7. The number of anilines is 1. The van der Waals surface area contributed by atoms with E-state index in [-0.39, 0.29) is 24.3 Å². The second-order valence-electron chi connectivity index (χ2n) is 10.4. The number of amides is 3. The first-order chi connectivity index (χ1) is 17.4. The van der Waals surface area contributed by atoms with E-state index in [0.29, 0.717) is 17.7 Å². The van der Waals surface area contributed by atoms with Crippen molar-refractivity contribution in [2.45, 2.75) is 72.6 Å². The molecular weight excluding hydrogens is 466 g/mol. The van der Waals surface area contributed by atoms with Gasteiger partial charge in [-0.05, 0) is 57.7 Å². The van der Waals surface area contributed by atoms with Crippen molar-refractivity contribution in [3.63, 3.8) is 0 Å². The highest BCUT2D eigenvalue weighted by Gasteiger charge is 2.37. The van der Waals surface area contributed by atoms with E-state index in [0.717, 1.165) is 11.1 Å². The van der Waals surface area contributed by atoms with Crippen molar-refractivity contribution in [1.82, 2.24) is 10.2 Å². The Bertz CT molecular complexity index is 1110. The van der Waals surface area contributed by atoms with Crippen molar-refractivity contribution in [1.29, 1.82) is 0 Å². The summed E-state index contributed by atoms with van der Waals surface area (Å²) in [6.45, 7) is 16.9. The zero-order valence-corrected chi connectivity index (χ0v) is 23.1. The zero-order chi connectivity index (χ0) is 27.8. The molecule has 37 heavy (non-hydrogen) atoms. The lowest BCUT2D eigenvalue weighted by Gasteiger charge is -2.35. The van der Waals surface area contributed by atoms with E-state index < -0.39 is 23.8 Å². The highest BCUT2D eigenvalue weighted by atomic mass is 16.6. The monoisotopic (exact) mass is 507 g/mol. The van der Waals surface area contributed by atoms with Crippen LogP contribution in [-0.4, -0.2) is 41.0 Å². The highest BCUT2D eigenvalue weighted by molar-refractivity contribution is 5.99. The van der Waals surface area contributed by atoms with Crippen molar-refractivity contribution in [3.05, 3.63) is 77.9 Å².